The molecule has 0 aromatic carbocycles. The van der Waals surface area contributed by atoms with Gasteiger partial charge in [0.1, 0.15) is 0 Å². The van der Waals surface area contributed by atoms with Crippen molar-refractivity contribution in [1.82, 2.24) is 24.8 Å². The van der Waals surface area contributed by atoms with Crippen LogP contribution in [0.3, 0.4) is 0 Å². The fraction of sp³-hybridized carbons (Fsp3) is 0.364. The first-order chi connectivity index (χ1) is 8.34. The number of nitrogens with one attached hydrogen (secondary N) is 1. The number of aromatic nitrogens is 3. The van der Waals surface area contributed by atoms with E-state index in [-0.39, 0.29) is 5.91 Å². The van der Waals surface area contributed by atoms with Crippen LogP contribution in [0.25, 0.3) is 5.65 Å². The first-order valence-corrected chi connectivity index (χ1v) is 5.65. The smallest absolute Gasteiger partial charge is 0.274 e. The maximum absolute atomic E-state index is 12.2. The van der Waals surface area contributed by atoms with Crippen molar-refractivity contribution in [3.05, 3.63) is 30.2 Å². The highest BCUT2D eigenvalue weighted by Crippen LogP contribution is 2.07. The van der Waals surface area contributed by atoms with Crippen molar-refractivity contribution >= 4 is 11.6 Å². The van der Waals surface area contributed by atoms with Gasteiger partial charge >= 0.3 is 0 Å². The molecule has 1 aliphatic rings. The van der Waals surface area contributed by atoms with Crippen LogP contribution < -0.4 is 5.32 Å². The molecule has 0 bridgehead atoms. The minimum absolute atomic E-state index is 0.0167. The van der Waals surface area contributed by atoms with Gasteiger partial charge in [0.25, 0.3) is 5.91 Å². The van der Waals surface area contributed by atoms with E-state index in [4.69, 9.17) is 0 Å². The Labute approximate surface area is 98.2 Å². The second kappa shape index (κ2) is 4.14. The average Bonchev–Trinajstić information content (AvgIpc) is 2.82. The first-order valence-electron chi connectivity index (χ1n) is 5.65. The summed E-state index contributed by atoms with van der Waals surface area (Å²) < 4.78 is 1.62. The van der Waals surface area contributed by atoms with Crippen LogP contribution in [0.2, 0.25) is 0 Å². The molecule has 1 aliphatic heterocycles. The lowest BCUT2D eigenvalue weighted by Crippen LogP contribution is -2.46. The number of rotatable bonds is 1. The molecule has 1 saturated heterocycles. The summed E-state index contributed by atoms with van der Waals surface area (Å²) in [6.45, 7) is 3.16. The van der Waals surface area contributed by atoms with Crippen LogP contribution in [0.15, 0.2) is 24.5 Å². The third-order valence-corrected chi connectivity index (χ3v) is 2.86. The number of hydrogen-bond acceptors (Lipinski definition) is 4. The molecule has 0 saturated carbocycles. The van der Waals surface area contributed by atoms with Gasteiger partial charge in [-0.3, -0.25) is 4.79 Å². The Bertz CT molecular complexity index is 511. The Hall–Kier alpha value is -1.95. The van der Waals surface area contributed by atoms with E-state index in [0.717, 1.165) is 26.2 Å². The van der Waals surface area contributed by atoms with E-state index in [1.807, 2.05) is 4.90 Å². The van der Waals surface area contributed by atoms with Crippen molar-refractivity contribution in [1.29, 1.82) is 0 Å². The summed E-state index contributed by atoms with van der Waals surface area (Å²) >= 11 is 0. The molecule has 1 amide bonds. The predicted molar refractivity (Wildman–Crippen MR) is 61.8 cm³/mol. The van der Waals surface area contributed by atoms with Crippen LogP contribution in [-0.2, 0) is 0 Å². The topological polar surface area (TPSA) is 62.5 Å². The van der Waals surface area contributed by atoms with Gasteiger partial charge in [0.05, 0.1) is 0 Å². The van der Waals surface area contributed by atoms with Gasteiger partial charge in [0.2, 0.25) is 0 Å². The molecule has 3 rings (SSSR count). The molecule has 1 fully saturated rings. The van der Waals surface area contributed by atoms with Crippen LogP contribution in [0.1, 0.15) is 10.5 Å². The van der Waals surface area contributed by atoms with Gasteiger partial charge in [0, 0.05) is 44.6 Å². The van der Waals surface area contributed by atoms with Crippen molar-refractivity contribution in [3.63, 3.8) is 0 Å². The number of amides is 1. The zero-order valence-corrected chi connectivity index (χ0v) is 9.33. The summed E-state index contributed by atoms with van der Waals surface area (Å²) in [6.07, 6.45) is 3.48. The second-order valence-corrected chi connectivity index (χ2v) is 3.99. The molecule has 2 aromatic heterocycles. The molecule has 3 heterocycles. The molecule has 2 aromatic rings. The Kier molecular flexibility index (Phi) is 2.49. The van der Waals surface area contributed by atoms with E-state index in [0.29, 0.717) is 11.3 Å². The Morgan fingerprint density at radius 1 is 1.35 bits per heavy atom. The third kappa shape index (κ3) is 1.87. The molecule has 88 valence electrons. The molecule has 0 aliphatic carbocycles. The quantitative estimate of drug-likeness (QED) is 0.736. The van der Waals surface area contributed by atoms with Gasteiger partial charge in [-0.15, -0.1) is 0 Å². The maximum Gasteiger partial charge on any atom is 0.274 e. The van der Waals surface area contributed by atoms with E-state index in [1.54, 1.807) is 29.0 Å². The predicted octanol–water partition coefficient (Wildman–Crippen LogP) is -0.225. The SMILES string of the molecule is O=C(c1cc2ncccn2n1)N1CCNCC1. The largest absolute Gasteiger partial charge is 0.335 e. The molecule has 0 atom stereocenters. The average molecular weight is 231 g/mol. The summed E-state index contributed by atoms with van der Waals surface area (Å²) in [5, 5.41) is 7.45. The molecule has 0 spiro atoms. The number of carbonyl (C=O) groups is 1. The zero-order valence-electron chi connectivity index (χ0n) is 9.33. The van der Waals surface area contributed by atoms with Gasteiger partial charge in [-0.05, 0) is 6.07 Å². The molecular weight excluding hydrogens is 218 g/mol. The van der Waals surface area contributed by atoms with E-state index in [9.17, 15) is 4.79 Å². The number of fused-ring (bicyclic) bond motifs is 1. The summed E-state index contributed by atoms with van der Waals surface area (Å²) in [5.74, 6) is -0.0167. The van der Waals surface area contributed by atoms with E-state index in [2.05, 4.69) is 15.4 Å². The van der Waals surface area contributed by atoms with Gasteiger partial charge in [-0.2, -0.15) is 5.10 Å². The van der Waals surface area contributed by atoms with Crippen LogP contribution in [0, 0.1) is 0 Å². The zero-order chi connectivity index (χ0) is 11.7. The fourth-order valence-electron chi connectivity index (χ4n) is 1.96. The summed E-state index contributed by atoms with van der Waals surface area (Å²) in [4.78, 5) is 18.1. The van der Waals surface area contributed by atoms with Crippen LogP contribution >= 0.6 is 0 Å². The van der Waals surface area contributed by atoms with Gasteiger partial charge in [-0.1, -0.05) is 0 Å². The van der Waals surface area contributed by atoms with Gasteiger partial charge in [0.15, 0.2) is 11.3 Å². The molecular formula is C11H13N5O. The lowest BCUT2D eigenvalue weighted by molar-refractivity contribution is 0.0729. The monoisotopic (exact) mass is 231 g/mol. The van der Waals surface area contributed by atoms with Crippen LogP contribution in [0.4, 0.5) is 0 Å². The van der Waals surface area contributed by atoms with Crippen molar-refractivity contribution in [2.45, 2.75) is 0 Å². The van der Waals surface area contributed by atoms with Crippen molar-refractivity contribution < 1.29 is 4.79 Å². The number of hydrogen-bond donors (Lipinski definition) is 1. The van der Waals surface area contributed by atoms with E-state index < -0.39 is 0 Å². The molecule has 0 radical (unpaired) electrons. The van der Waals surface area contributed by atoms with Crippen molar-refractivity contribution in [2.24, 2.45) is 0 Å². The van der Waals surface area contributed by atoms with E-state index >= 15 is 0 Å². The number of carbonyl (C=O) groups excluding carboxylic acids is 1. The number of nitrogens with zero attached hydrogens (tertiary/aromatic N) is 4. The lowest BCUT2D eigenvalue weighted by atomic mass is 10.3. The van der Waals surface area contributed by atoms with Gasteiger partial charge < -0.3 is 10.2 Å². The number of piperazine rings is 1. The third-order valence-electron chi connectivity index (χ3n) is 2.86. The standard InChI is InChI=1S/C11H13N5O/c17-11(15-6-3-12-4-7-15)9-8-10-13-2-1-5-16(10)14-9/h1-2,5,8,12H,3-4,6-7H2. The van der Waals surface area contributed by atoms with Crippen molar-refractivity contribution in [3.8, 4) is 0 Å². The first kappa shape index (κ1) is 10.2. The van der Waals surface area contributed by atoms with E-state index in [1.165, 1.54) is 0 Å². The summed E-state index contributed by atoms with van der Waals surface area (Å²) in [6, 6.07) is 3.52. The highest BCUT2D eigenvalue weighted by Gasteiger charge is 2.20. The highest BCUT2D eigenvalue weighted by molar-refractivity contribution is 5.93. The minimum atomic E-state index is -0.0167. The molecule has 6 heteroatoms. The normalized spacial score (nSPS) is 16.4. The van der Waals surface area contributed by atoms with Gasteiger partial charge in [-0.25, -0.2) is 9.50 Å². The lowest BCUT2D eigenvalue weighted by Gasteiger charge is -2.26. The summed E-state index contributed by atoms with van der Waals surface area (Å²) in [7, 11) is 0. The molecule has 17 heavy (non-hydrogen) atoms. The Morgan fingerprint density at radius 3 is 2.94 bits per heavy atom. The molecule has 6 nitrogen and oxygen atoms in total. The Morgan fingerprint density at radius 2 is 2.18 bits per heavy atom. The van der Waals surface area contributed by atoms with Crippen LogP contribution in [0.5, 0.6) is 0 Å². The highest BCUT2D eigenvalue weighted by atomic mass is 16.2. The molecule has 1 N–H and O–H groups in total. The minimum Gasteiger partial charge on any atom is -0.335 e. The van der Waals surface area contributed by atoms with Crippen molar-refractivity contribution in [2.75, 3.05) is 26.2 Å². The second-order valence-electron chi connectivity index (χ2n) is 3.99. The van der Waals surface area contributed by atoms with Crippen LogP contribution in [-0.4, -0.2) is 51.6 Å². The Balaban J connectivity index is 1.89. The maximum atomic E-state index is 12.2. The molecule has 0 unspecified atom stereocenters. The summed E-state index contributed by atoms with van der Waals surface area (Å²) in [5.41, 5.74) is 1.16. The fourth-order valence-corrected chi connectivity index (χ4v) is 1.96.